The SMILES string of the molecule is O=S(=O)(CCc1ccccc1)NCC1(N2CCOCC2)CCSCC1. The molecule has 1 aromatic carbocycles. The van der Waals surface area contributed by atoms with Gasteiger partial charge in [-0.2, -0.15) is 11.8 Å². The van der Waals surface area contributed by atoms with Crippen LogP contribution >= 0.6 is 11.8 Å². The molecule has 1 N–H and O–H groups in total. The third kappa shape index (κ3) is 5.44. The van der Waals surface area contributed by atoms with E-state index in [0.29, 0.717) is 13.0 Å². The second-order valence-electron chi connectivity index (χ2n) is 6.81. The minimum Gasteiger partial charge on any atom is -0.379 e. The summed E-state index contributed by atoms with van der Waals surface area (Å²) >= 11 is 1.97. The first kappa shape index (κ1) is 19.2. The Hall–Kier alpha value is -0.600. The summed E-state index contributed by atoms with van der Waals surface area (Å²) < 4.78 is 33.4. The summed E-state index contributed by atoms with van der Waals surface area (Å²) in [6, 6.07) is 9.79. The van der Waals surface area contributed by atoms with Crippen LogP contribution in [0.3, 0.4) is 0 Å². The molecule has 25 heavy (non-hydrogen) atoms. The second-order valence-corrected chi connectivity index (χ2v) is 9.96. The first-order valence-electron chi connectivity index (χ1n) is 9.02. The molecule has 0 aromatic heterocycles. The molecular weight excluding hydrogens is 356 g/mol. The zero-order valence-corrected chi connectivity index (χ0v) is 16.3. The summed E-state index contributed by atoms with van der Waals surface area (Å²) in [6.07, 6.45) is 2.63. The van der Waals surface area contributed by atoms with E-state index in [1.54, 1.807) is 0 Å². The predicted octanol–water partition coefficient (Wildman–Crippen LogP) is 1.75. The number of thioether (sulfide) groups is 1. The molecule has 0 spiro atoms. The Morgan fingerprint density at radius 2 is 1.80 bits per heavy atom. The van der Waals surface area contributed by atoms with Gasteiger partial charge in [-0.3, -0.25) is 4.90 Å². The van der Waals surface area contributed by atoms with Crippen molar-refractivity contribution in [3.8, 4) is 0 Å². The summed E-state index contributed by atoms with van der Waals surface area (Å²) in [5, 5.41) is 0. The standard InChI is InChI=1S/C18H28N2O3S2/c21-25(22,15-6-17-4-2-1-3-5-17)19-16-18(7-13-24-14-8-18)20-9-11-23-12-10-20/h1-5,19H,6-16H2. The van der Waals surface area contributed by atoms with Gasteiger partial charge in [0.25, 0.3) is 0 Å². The lowest BCUT2D eigenvalue weighted by Crippen LogP contribution is -2.60. The van der Waals surface area contributed by atoms with Crippen LogP contribution in [0.5, 0.6) is 0 Å². The Morgan fingerprint density at radius 1 is 1.12 bits per heavy atom. The van der Waals surface area contributed by atoms with Crippen molar-refractivity contribution in [1.82, 2.24) is 9.62 Å². The molecule has 0 aliphatic carbocycles. The van der Waals surface area contributed by atoms with Gasteiger partial charge < -0.3 is 4.74 Å². The minimum atomic E-state index is -3.27. The highest BCUT2D eigenvalue weighted by molar-refractivity contribution is 7.99. The molecule has 2 heterocycles. The molecule has 7 heteroatoms. The van der Waals surface area contributed by atoms with Crippen molar-refractivity contribution in [2.24, 2.45) is 0 Å². The first-order valence-corrected chi connectivity index (χ1v) is 11.8. The number of sulfonamides is 1. The van der Waals surface area contributed by atoms with Crippen LogP contribution in [0.2, 0.25) is 0 Å². The Labute approximate surface area is 155 Å². The molecule has 0 radical (unpaired) electrons. The van der Waals surface area contributed by atoms with Gasteiger partial charge in [-0.15, -0.1) is 0 Å². The fourth-order valence-corrected chi connectivity index (χ4v) is 6.00. The number of aryl methyl sites for hydroxylation is 1. The van der Waals surface area contributed by atoms with Gasteiger partial charge in [0.2, 0.25) is 10.0 Å². The quantitative estimate of drug-likeness (QED) is 0.776. The second kappa shape index (κ2) is 8.86. The topological polar surface area (TPSA) is 58.6 Å². The smallest absolute Gasteiger partial charge is 0.211 e. The van der Waals surface area contributed by atoms with Crippen molar-refractivity contribution in [3.05, 3.63) is 35.9 Å². The van der Waals surface area contributed by atoms with Crippen molar-refractivity contribution < 1.29 is 13.2 Å². The van der Waals surface area contributed by atoms with Gasteiger partial charge in [0, 0.05) is 25.2 Å². The lowest BCUT2D eigenvalue weighted by molar-refractivity contribution is -0.0242. The molecule has 3 rings (SSSR count). The average Bonchev–Trinajstić information content (AvgIpc) is 2.67. The van der Waals surface area contributed by atoms with E-state index in [2.05, 4.69) is 9.62 Å². The van der Waals surface area contributed by atoms with E-state index < -0.39 is 10.0 Å². The molecule has 2 aliphatic heterocycles. The van der Waals surface area contributed by atoms with Crippen LogP contribution in [0.4, 0.5) is 0 Å². The van der Waals surface area contributed by atoms with E-state index >= 15 is 0 Å². The Morgan fingerprint density at radius 3 is 2.48 bits per heavy atom. The molecule has 2 aliphatic rings. The van der Waals surface area contributed by atoms with Gasteiger partial charge in [-0.25, -0.2) is 13.1 Å². The summed E-state index contributed by atoms with van der Waals surface area (Å²) in [6.45, 7) is 3.81. The predicted molar refractivity (Wildman–Crippen MR) is 104 cm³/mol. The maximum absolute atomic E-state index is 12.5. The Bertz CT molecular complexity index is 625. The molecule has 0 bridgehead atoms. The monoisotopic (exact) mass is 384 g/mol. The van der Waals surface area contributed by atoms with Crippen LogP contribution in [0.25, 0.3) is 0 Å². The number of nitrogens with zero attached hydrogens (tertiary/aromatic N) is 1. The van der Waals surface area contributed by atoms with Gasteiger partial charge in [0.05, 0.1) is 19.0 Å². The molecule has 2 saturated heterocycles. The number of rotatable bonds is 7. The number of nitrogens with one attached hydrogen (secondary N) is 1. The van der Waals surface area contributed by atoms with Gasteiger partial charge >= 0.3 is 0 Å². The van der Waals surface area contributed by atoms with Crippen molar-refractivity contribution in [2.75, 3.05) is 50.1 Å². The summed E-state index contributed by atoms with van der Waals surface area (Å²) in [5.41, 5.74) is 1.01. The average molecular weight is 385 g/mol. The van der Waals surface area contributed by atoms with Gasteiger partial charge in [-0.1, -0.05) is 30.3 Å². The Kier molecular flexibility index (Phi) is 6.79. The van der Waals surface area contributed by atoms with Gasteiger partial charge in [-0.05, 0) is 36.3 Å². The first-order chi connectivity index (χ1) is 12.1. The lowest BCUT2D eigenvalue weighted by Gasteiger charge is -2.48. The lowest BCUT2D eigenvalue weighted by atomic mass is 9.89. The maximum atomic E-state index is 12.5. The molecule has 2 fully saturated rings. The van der Waals surface area contributed by atoms with Crippen LogP contribution in [-0.4, -0.2) is 69.0 Å². The van der Waals surface area contributed by atoms with E-state index in [-0.39, 0.29) is 11.3 Å². The zero-order valence-electron chi connectivity index (χ0n) is 14.7. The van der Waals surface area contributed by atoms with Crippen molar-refractivity contribution in [3.63, 3.8) is 0 Å². The number of hydrogen-bond donors (Lipinski definition) is 1. The number of benzene rings is 1. The number of ether oxygens (including phenoxy) is 1. The van der Waals surface area contributed by atoms with Crippen LogP contribution < -0.4 is 4.72 Å². The summed E-state index contributed by atoms with van der Waals surface area (Å²) in [5.74, 6) is 2.34. The number of morpholine rings is 1. The van der Waals surface area contributed by atoms with E-state index in [1.807, 2.05) is 42.1 Å². The largest absolute Gasteiger partial charge is 0.379 e. The third-order valence-corrected chi connectivity index (χ3v) is 7.54. The summed E-state index contributed by atoms with van der Waals surface area (Å²) in [7, 11) is -3.27. The van der Waals surface area contributed by atoms with Crippen molar-refractivity contribution in [1.29, 1.82) is 0 Å². The van der Waals surface area contributed by atoms with Gasteiger partial charge in [0.1, 0.15) is 0 Å². The van der Waals surface area contributed by atoms with E-state index in [0.717, 1.165) is 56.2 Å². The normalized spacial score (nSPS) is 21.9. The van der Waals surface area contributed by atoms with Crippen LogP contribution in [-0.2, 0) is 21.2 Å². The molecule has 140 valence electrons. The highest BCUT2D eigenvalue weighted by Crippen LogP contribution is 2.33. The van der Waals surface area contributed by atoms with Crippen LogP contribution in [0.15, 0.2) is 30.3 Å². The molecule has 5 nitrogen and oxygen atoms in total. The molecular formula is C18H28N2O3S2. The van der Waals surface area contributed by atoms with Crippen LogP contribution in [0.1, 0.15) is 18.4 Å². The third-order valence-electron chi connectivity index (χ3n) is 5.23. The molecule has 0 saturated carbocycles. The molecule has 0 atom stereocenters. The van der Waals surface area contributed by atoms with Crippen molar-refractivity contribution in [2.45, 2.75) is 24.8 Å². The molecule has 0 amide bonds. The van der Waals surface area contributed by atoms with Crippen LogP contribution in [0, 0.1) is 0 Å². The fourth-order valence-electron chi connectivity index (χ4n) is 3.61. The highest BCUT2D eigenvalue weighted by Gasteiger charge is 2.39. The minimum absolute atomic E-state index is 0.0468. The van der Waals surface area contributed by atoms with Gasteiger partial charge in [0.15, 0.2) is 0 Å². The van der Waals surface area contributed by atoms with E-state index in [1.165, 1.54) is 0 Å². The fraction of sp³-hybridized carbons (Fsp3) is 0.667. The summed E-state index contributed by atoms with van der Waals surface area (Å²) in [4.78, 5) is 2.45. The zero-order chi connectivity index (χ0) is 17.6. The molecule has 1 aromatic rings. The maximum Gasteiger partial charge on any atom is 0.211 e. The molecule has 0 unspecified atom stereocenters. The Balaban J connectivity index is 1.59. The van der Waals surface area contributed by atoms with E-state index in [4.69, 9.17) is 4.74 Å². The van der Waals surface area contributed by atoms with Crippen molar-refractivity contribution >= 4 is 21.8 Å². The highest BCUT2D eigenvalue weighted by atomic mass is 32.2. The van der Waals surface area contributed by atoms with E-state index in [9.17, 15) is 8.42 Å². The number of hydrogen-bond acceptors (Lipinski definition) is 5.